The molecule has 3 nitrogen and oxygen atoms in total. The third-order valence-electron chi connectivity index (χ3n) is 6.21. The molecule has 1 saturated heterocycles. The smallest absolute Gasteiger partial charge is 0.259 e. The molecule has 0 N–H and O–H groups in total. The van der Waals surface area contributed by atoms with Gasteiger partial charge in [-0.1, -0.05) is 98.2 Å². The number of benzene rings is 2. The van der Waals surface area contributed by atoms with E-state index in [0.717, 1.165) is 26.1 Å². The van der Waals surface area contributed by atoms with E-state index in [2.05, 4.69) is 80.9 Å². The predicted octanol–water partition coefficient (Wildman–Crippen LogP) is 8.50. The lowest BCUT2D eigenvalue weighted by atomic mass is 9.96. The summed E-state index contributed by atoms with van der Waals surface area (Å²) in [5, 5.41) is 0. The Morgan fingerprint density at radius 2 is 1.00 bits per heavy atom. The van der Waals surface area contributed by atoms with Gasteiger partial charge in [-0.3, -0.25) is 0 Å². The molecule has 1 fully saturated rings. The van der Waals surface area contributed by atoms with E-state index in [1.165, 1.54) is 60.8 Å². The minimum absolute atomic E-state index is 0.109. The highest BCUT2D eigenvalue weighted by Crippen LogP contribution is 2.51. The van der Waals surface area contributed by atoms with Gasteiger partial charge in [0.2, 0.25) is 0 Å². The Morgan fingerprint density at radius 1 is 0.625 bits per heavy atom. The van der Waals surface area contributed by atoms with Crippen LogP contribution in [-0.2, 0) is 9.05 Å². The van der Waals surface area contributed by atoms with Gasteiger partial charge < -0.3 is 9.05 Å². The van der Waals surface area contributed by atoms with Crippen molar-refractivity contribution < 1.29 is 9.05 Å². The molecule has 0 saturated carbocycles. The monoisotopic (exact) mass is 455 g/mol. The van der Waals surface area contributed by atoms with Gasteiger partial charge in [0.15, 0.2) is 0 Å². The second-order valence-electron chi connectivity index (χ2n) is 9.43. The molecule has 1 aliphatic heterocycles. The van der Waals surface area contributed by atoms with Gasteiger partial charge in [0.05, 0.1) is 19.3 Å². The van der Waals surface area contributed by atoms with Crippen LogP contribution in [0.15, 0.2) is 48.5 Å². The van der Waals surface area contributed by atoms with Crippen molar-refractivity contribution in [3.63, 3.8) is 0 Å². The van der Waals surface area contributed by atoms with E-state index in [-0.39, 0.29) is 6.04 Å². The van der Waals surface area contributed by atoms with Gasteiger partial charge in [-0.15, -0.1) is 0 Å². The van der Waals surface area contributed by atoms with Crippen molar-refractivity contribution in [1.29, 1.82) is 0 Å². The number of rotatable bonds is 5. The molecule has 0 unspecified atom stereocenters. The van der Waals surface area contributed by atoms with Gasteiger partial charge in [-0.05, 0) is 51.7 Å². The molecule has 0 bridgehead atoms. The predicted molar refractivity (Wildman–Crippen MR) is 137 cm³/mol. The minimum Gasteiger partial charge on any atom is -0.322 e. The molecular formula is C28H42NO2P. The molecule has 1 aliphatic rings. The van der Waals surface area contributed by atoms with Crippen LogP contribution >= 0.6 is 8.53 Å². The topological polar surface area (TPSA) is 21.7 Å². The summed E-state index contributed by atoms with van der Waals surface area (Å²) in [6.45, 7) is 10.4. The van der Waals surface area contributed by atoms with Crippen molar-refractivity contribution in [1.82, 2.24) is 4.67 Å². The highest BCUT2D eigenvalue weighted by molar-refractivity contribution is 7.44. The summed E-state index contributed by atoms with van der Waals surface area (Å²) in [5.74, 6) is 0. The molecule has 32 heavy (non-hydrogen) atoms. The van der Waals surface area contributed by atoms with Gasteiger partial charge in [-0.2, -0.15) is 0 Å². The lowest BCUT2D eigenvalue weighted by Gasteiger charge is -2.39. The second kappa shape index (κ2) is 13.5. The Morgan fingerprint density at radius 3 is 1.38 bits per heavy atom. The maximum absolute atomic E-state index is 6.52. The third-order valence-corrected chi connectivity index (χ3v) is 8.09. The van der Waals surface area contributed by atoms with Crippen molar-refractivity contribution in [2.24, 2.45) is 0 Å². The lowest BCUT2D eigenvalue weighted by Crippen LogP contribution is -2.33. The first-order valence-corrected chi connectivity index (χ1v) is 13.7. The average molecular weight is 456 g/mol. The maximum atomic E-state index is 6.52. The normalized spacial score (nSPS) is 17.8. The SMILES string of the molecule is Cc1ccc(C(c2ccc(C)cc2)N(C(C)C)P2OCCCCCCCCCCO2)cc1. The molecule has 2 aromatic rings. The number of nitrogens with zero attached hydrogens (tertiary/aromatic N) is 1. The van der Waals surface area contributed by atoms with Crippen LogP contribution in [0.3, 0.4) is 0 Å². The molecular weight excluding hydrogens is 413 g/mol. The summed E-state index contributed by atoms with van der Waals surface area (Å²) < 4.78 is 15.5. The van der Waals surface area contributed by atoms with Crippen molar-refractivity contribution in [3.8, 4) is 0 Å². The van der Waals surface area contributed by atoms with Crippen molar-refractivity contribution in [2.75, 3.05) is 13.2 Å². The Kier molecular flexibility index (Phi) is 10.7. The van der Waals surface area contributed by atoms with Gasteiger partial charge in [0.1, 0.15) is 0 Å². The van der Waals surface area contributed by atoms with E-state index in [9.17, 15) is 0 Å². The zero-order chi connectivity index (χ0) is 22.8. The first-order valence-electron chi connectivity index (χ1n) is 12.5. The molecule has 4 heteroatoms. The molecule has 0 aromatic heterocycles. The Hall–Kier alpha value is -1.25. The quantitative estimate of drug-likeness (QED) is 0.422. The third kappa shape index (κ3) is 7.66. The molecule has 2 aromatic carbocycles. The van der Waals surface area contributed by atoms with Crippen LogP contribution < -0.4 is 0 Å². The first-order chi connectivity index (χ1) is 15.6. The molecule has 0 amide bonds. The Bertz CT molecular complexity index is 716. The summed E-state index contributed by atoms with van der Waals surface area (Å²) in [4.78, 5) is 0. The number of hydrogen-bond donors (Lipinski definition) is 0. The van der Waals surface area contributed by atoms with E-state index in [1.54, 1.807) is 0 Å². The van der Waals surface area contributed by atoms with E-state index >= 15 is 0 Å². The number of aryl methyl sites for hydroxylation is 2. The summed E-state index contributed by atoms with van der Waals surface area (Å²) in [6, 6.07) is 18.3. The summed E-state index contributed by atoms with van der Waals surface area (Å²) in [6.07, 6.45) is 10.1. The minimum atomic E-state index is -1.14. The van der Waals surface area contributed by atoms with Gasteiger partial charge in [0, 0.05) is 6.04 Å². The van der Waals surface area contributed by atoms with E-state index in [1.807, 2.05) is 0 Å². The molecule has 1 heterocycles. The molecule has 176 valence electrons. The highest BCUT2D eigenvalue weighted by Gasteiger charge is 2.33. The molecule has 0 spiro atoms. The number of hydrogen-bond acceptors (Lipinski definition) is 3. The van der Waals surface area contributed by atoms with Crippen LogP contribution in [0.4, 0.5) is 0 Å². The van der Waals surface area contributed by atoms with Gasteiger partial charge in [0.25, 0.3) is 8.53 Å². The maximum Gasteiger partial charge on any atom is 0.259 e. The zero-order valence-electron chi connectivity index (χ0n) is 20.6. The van der Waals surface area contributed by atoms with Crippen LogP contribution in [-0.4, -0.2) is 23.9 Å². The molecule has 0 atom stereocenters. The summed E-state index contributed by atoms with van der Waals surface area (Å²) >= 11 is 0. The van der Waals surface area contributed by atoms with Crippen LogP contribution in [0, 0.1) is 13.8 Å². The first kappa shape index (κ1) is 25.4. The fraction of sp³-hybridized carbons (Fsp3) is 0.571. The van der Waals surface area contributed by atoms with Crippen LogP contribution in [0.2, 0.25) is 0 Å². The van der Waals surface area contributed by atoms with Crippen LogP contribution in [0.25, 0.3) is 0 Å². The Labute approximate surface area is 197 Å². The van der Waals surface area contributed by atoms with Crippen molar-refractivity contribution in [2.45, 2.75) is 91.1 Å². The van der Waals surface area contributed by atoms with E-state index < -0.39 is 8.53 Å². The van der Waals surface area contributed by atoms with Gasteiger partial charge in [-0.25, -0.2) is 4.67 Å². The van der Waals surface area contributed by atoms with E-state index in [4.69, 9.17) is 9.05 Å². The van der Waals surface area contributed by atoms with Crippen LogP contribution in [0.1, 0.15) is 93.5 Å². The van der Waals surface area contributed by atoms with Crippen molar-refractivity contribution >= 4 is 8.53 Å². The largest absolute Gasteiger partial charge is 0.322 e. The lowest BCUT2D eigenvalue weighted by molar-refractivity contribution is 0.171. The summed E-state index contributed by atoms with van der Waals surface area (Å²) in [7, 11) is -1.14. The van der Waals surface area contributed by atoms with E-state index in [0.29, 0.717) is 6.04 Å². The molecule has 3 rings (SSSR count). The fourth-order valence-corrected chi connectivity index (χ4v) is 6.04. The second-order valence-corrected chi connectivity index (χ2v) is 10.9. The van der Waals surface area contributed by atoms with Gasteiger partial charge >= 0.3 is 0 Å². The van der Waals surface area contributed by atoms with Crippen molar-refractivity contribution in [3.05, 3.63) is 70.8 Å². The molecule has 0 aliphatic carbocycles. The zero-order valence-corrected chi connectivity index (χ0v) is 21.4. The highest BCUT2D eigenvalue weighted by atomic mass is 31.2. The fourth-order valence-electron chi connectivity index (χ4n) is 4.30. The van der Waals surface area contributed by atoms with Crippen LogP contribution in [0.5, 0.6) is 0 Å². The Balaban J connectivity index is 1.92. The summed E-state index contributed by atoms with van der Waals surface area (Å²) in [5.41, 5.74) is 5.16. The average Bonchev–Trinajstić information content (AvgIpc) is 2.80. The standard InChI is InChI=1S/C28H42NO2P/c1-23(2)29(32-30-21-11-9-7-5-6-8-10-12-22-31-32)28(26-17-13-24(3)14-18-26)27-19-15-25(4)16-20-27/h13-20,23,28H,5-12,21-22H2,1-4H3. The molecule has 0 radical (unpaired) electrons.